The van der Waals surface area contributed by atoms with Gasteiger partial charge in [0.05, 0.1) is 6.61 Å². The van der Waals surface area contributed by atoms with Gasteiger partial charge in [-0.25, -0.2) is 0 Å². The van der Waals surface area contributed by atoms with Crippen molar-refractivity contribution in [1.29, 1.82) is 5.41 Å². The van der Waals surface area contributed by atoms with Crippen LogP contribution in [0.2, 0.25) is 0 Å². The van der Waals surface area contributed by atoms with Gasteiger partial charge in [-0.3, -0.25) is 5.41 Å². The molecule has 5 heteroatoms. The van der Waals surface area contributed by atoms with Crippen molar-refractivity contribution in [3.05, 3.63) is 23.8 Å². The van der Waals surface area contributed by atoms with Crippen LogP contribution in [0, 0.1) is 5.41 Å². The van der Waals surface area contributed by atoms with Crippen molar-refractivity contribution in [3.63, 3.8) is 0 Å². The highest BCUT2D eigenvalue weighted by Crippen LogP contribution is 2.32. The van der Waals surface area contributed by atoms with Gasteiger partial charge in [0.1, 0.15) is 11.9 Å². The highest BCUT2D eigenvalue weighted by atomic mass is 16.7. The quantitative estimate of drug-likeness (QED) is 0.602. The molecule has 0 fully saturated rings. The Balaban J connectivity index is 1.97. The second kappa shape index (κ2) is 5.05. The Bertz CT molecular complexity index is 420. The van der Waals surface area contributed by atoms with Crippen LogP contribution in [0.3, 0.4) is 0 Å². The fourth-order valence-corrected chi connectivity index (χ4v) is 1.66. The van der Waals surface area contributed by atoms with Gasteiger partial charge in [0.15, 0.2) is 11.5 Å². The summed E-state index contributed by atoms with van der Waals surface area (Å²) in [6.07, 6.45) is 0.375. The van der Waals surface area contributed by atoms with Gasteiger partial charge in [0.25, 0.3) is 0 Å². The summed E-state index contributed by atoms with van der Waals surface area (Å²) >= 11 is 0. The predicted molar refractivity (Wildman–Crippen MR) is 63.3 cm³/mol. The second-order valence-corrected chi connectivity index (χ2v) is 3.85. The van der Waals surface area contributed by atoms with Crippen LogP contribution in [0.4, 0.5) is 0 Å². The largest absolute Gasteiger partial charge is 0.454 e. The van der Waals surface area contributed by atoms with Gasteiger partial charge in [-0.15, -0.1) is 0 Å². The molecule has 17 heavy (non-hydrogen) atoms. The lowest BCUT2D eigenvalue weighted by Gasteiger charge is -2.14. The fraction of sp³-hybridized carbons (Fsp3) is 0.417. The molecule has 1 atom stereocenters. The molecule has 0 saturated carbocycles. The van der Waals surface area contributed by atoms with E-state index in [1.54, 1.807) is 0 Å². The number of ether oxygens (including phenoxy) is 3. The SMILES string of the molecule is CCC(OCc1ccc2c(c1)OCO2)C(=N)N. The third-order valence-corrected chi connectivity index (χ3v) is 2.61. The van der Waals surface area contributed by atoms with E-state index in [9.17, 15) is 0 Å². The zero-order chi connectivity index (χ0) is 12.3. The molecule has 5 nitrogen and oxygen atoms in total. The summed E-state index contributed by atoms with van der Waals surface area (Å²) in [6.45, 7) is 2.62. The zero-order valence-corrected chi connectivity index (χ0v) is 9.73. The molecule has 1 aromatic rings. The number of hydrogen-bond acceptors (Lipinski definition) is 4. The average molecular weight is 236 g/mol. The number of amidine groups is 1. The molecular weight excluding hydrogens is 220 g/mol. The van der Waals surface area contributed by atoms with Crippen molar-refractivity contribution in [1.82, 2.24) is 0 Å². The number of hydrogen-bond donors (Lipinski definition) is 2. The maximum atomic E-state index is 7.35. The van der Waals surface area contributed by atoms with Crippen molar-refractivity contribution in [2.24, 2.45) is 5.73 Å². The van der Waals surface area contributed by atoms with E-state index in [0.717, 1.165) is 17.1 Å². The van der Waals surface area contributed by atoms with E-state index in [0.29, 0.717) is 13.0 Å². The summed E-state index contributed by atoms with van der Waals surface area (Å²) in [5, 5.41) is 7.35. The van der Waals surface area contributed by atoms with E-state index in [1.165, 1.54) is 0 Å². The molecule has 0 bridgehead atoms. The van der Waals surface area contributed by atoms with Gasteiger partial charge >= 0.3 is 0 Å². The number of nitrogens with two attached hydrogens (primary N) is 1. The molecule has 0 aromatic heterocycles. The highest BCUT2D eigenvalue weighted by molar-refractivity contribution is 5.81. The Labute approximate surface area is 100.0 Å². The summed E-state index contributed by atoms with van der Waals surface area (Å²) in [7, 11) is 0. The molecule has 1 aliphatic rings. The molecule has 0 amide bonds. The van der Waals surface area contributed by atoms with E-state index < -0.39 is 0 Å². The molecular formula is C12H16N2O3. The first-order chi connectivity index (χ1) is 8.20. The average Bonchev–Trinajstić information content (AvgIpc) is 2.76. The minimum atomic E-state index is -0.319. The number of nitrogens with one attached hydrogen (secondary N) is 1. The normalized spacial score (nSPS) is 14.6. The van der Waals surface area contributed by atoms with Crippen LogP contribution < -0.4 is 15.2 Å². The van der Waals surface area contributed by atoms with E-state index in [4.69, 9.17) is 25.4 Å². The monoisotopic (exact) mass is 236 g/mol. The lowest BCUT2D eigenvalue weighted by atomic mass is 10.2. The Hall–Kier alpha value is -1.75. The topological polar surface area (TPSA) is 77.6 Å². The fourth-order valence-electron chi connectivity index (χ4n) is 1.66. The van der Waals surface area contributed by atoms with Crippen LogP contribution in [0.25, 0.3) is 0 Å². The van der Waals surface area contributed by atoms with Crippen molar-refractivity contribution in [3.8, 4) is 11.5 Å². The maximum absolute atomic E-state index is 7.35. The predicted octanol–water partition coefficient (Wildman–Crippen LogP) is 1.65. The lowest BCUT2D eigenvalue weighted by molar-refractivity contribution is 0.0807. The summed E-state index contributed by atoms with van der Waals surface area (Å²) in [5.41, 5.74) is 6.40. The number of benzene rings is 1. The molecule has 3 N–H and O–H groups in total. The van der Waals surface area contributed by atoms with E-state index >= 15 is 0 Å². The Morgan fingerprint density at radius 2 is 2.24 bits per heavy atom. The third-order valence-electron chi connectivity index (χ3n) is 2.61. The van der Waals surface area contributed by atoms with Gasteiger partial charge in [-0.2, -0.15) is 0 Å². The van der Waals surface area contributed by atoms with Crippen molar-refractivity contribution < 1.29 is 14.2 Å². The first kappa shape index (κ1) is 11.7. The number of rotatable bonds is 5. The highest BCUT2D eigenvalue weighted by Gasteiger charge is 2.14. The molecule has 1 heterocycles. The second-order valence-electron chi connectivity index (χ2n) is 3.85. The zero-order valence-electron chi connectivity index (χ0n) is 9.73. The minimum Gasteiger partial charge on any atom is -0.454 e. The van der Waals surface area contributed by atoms with Crippen LogP contribution in [0.1, 0.15) is 18.9 Å². The lowest BCUT2D eigenvalue weighted by Crippen LogP contribution is -2.29. The van der Waals surface area contributed by atoms with Gasteiger partial charge in [0, 0.05) is 0 Å². The van der Waals surface area contributed by atoms with Crippen LogP contribution in [-0.4, -0.2) is 18.7 Å². The molecule has 0 spiro atoms. The van der Waals surface area contributed by atoms with E-state index in [-0.39, 0.29) is 18.7 Å². The van der Waals surface area contributed by atoms with Crippen LogP contribution in [-0.2, 0) is 11.3 Å². The molecule has 1 aliphatic heterocycles. The van der Waals surface area contributed by atoms with Crippen LogP contribution in [0.15, 0.2) is 18.2 Å². The molecule has 0 saturated heterocycles. The van der Waals surface area contributed by atoms with Gasteiger partial charge in [-0.1, -0.05) is 13.0 Å². The third kappa shape index (κ3) is 2.68. The van der Waals surface area contributed by atoms with E-state index in [1.807, 2.05) is 25.1 Å². The Morgan fingerprint density at radius 3 is 2.94 bits per heavy atom. The van der Waals surface area contributed by atoms with Crippen molar-refractivity contribution in [2.75, 3.05) is 6.79 Å². The molecule has 0 aliphatic carbocycles. The van der Waals surface area contributed by atoms with Gasteiger partial charge < -0.3 is 19.9 Å². The molecule has 0 radical (unpaired) electrons. The molecule has 92 valence electrons. The summed E-state index contributed by atoms with van der Waals surface area (Å²) in [4.78, 5) is 0. The van der Waals surface area contributed by atoms with Gasteiger partial charge in [0.2, 0.25) is 6.79 Å². The minimum absolute atomic E-state index is 0.0632. The molecule has 1 unspecified atom stereocenters. The smallest absolute Gasteiger partial charge is 0.231 e. The summed E-state index contributed by atoms with van der Waals surface area (Å²) in [5.74, 6) is 1.56. The van der Waals surface area contributed by atoms with Crippen molar-refractivity contribution in [2.45, 2.75) is 26.1 Å². The molecule has 1 aromatic carbocycles. The first-order valence-electron chi connectivity index (χ1n) is 5.54. The Morgan fingerprint density at radius 1 is 1.47 bits per heavy atom. The Kier molecular flexibility index (Phi) is 3.49. The summed E-state index contributed by atoms with van der Waals surface area (Å²) < 4.78 is 16.0. The van der Waals surface area contributed by atoms with E-state index in [2.05, 4.69) is 0 Å². The number of fused-ring (bicyclic) bond motifs is 1. The molecule has 2 rings (SSSR count). The van der Waals surface area contributed by atoms with Crippen molar-refractivity contribution >= 4 is 5.84 Å². The summed E-state index contributed by atoms with van der Waals surface area (Å²) in [6, 6.07) is 5.66. The van der Waals surface area contributed by atoms with Crippen LogP contribution in [0.5, 0.6) is 11.5 Å². The standard InChI is InChI=1S/C12H16N2O3/c1-2-9(12(13)14)15-6-8-3-4-10-11(5-8)17-7-16-10/h3-5,9H,2,6-7H2,1H3,(H3,13,14). The van der Waals surface area contributed by atoms with Crippen LogP contribution >= 0.6 is 0 Å². The first-order valence-corrected chi connectivity index (χ1v) is 5.54. The van der Waals surface area contributed by atoms with Gasteiger partial charge in [-0.05, 0) is 24.1 Å². The maximum Gasteiger partial charge on any atom is 0.231 e.